The van der Waals surface area contributed by atoms with Crippen LogP contribution in [-0.2, 0) is 6.42 Å². The zero-order chi connectivity index (χ0) is 17.6. The first-order valence-corrected chi connectivity index (χ1v) is 8.76. The van der Waals surface area contributed by atoms with Crippen molar-refractivity contribution in [2.24, 2.45) is 11.8 Å². The molecule has 1 aliphatic carbocycles. The molecule has 2 aromatic rings. The highest BCUT2D eigenvalue weighted by Gasteiger charge is 2.35. The molecule has 25 heavy (non-hydrogen) atoms. The molecule has 0 aromatic heterocycles. The van der Waals surface area contributed by atoms with Crippen molar-refractivity contribution in [1.82, 2.24) is 0 Å². The number of rotatable bonds is 3. The van der Waals surface area contributed by atoms with Gasteiger partial charge in [0.05, 0.1) is 14.2 Å². The van der Waals surface area contributed by atoms with Crippen LogP contribution in [-0.4, -0.2) is 21.0 Å². The van der Waals surface area contributed by atoms with Gasteiger partial charge in [0.1, 0.15) is 0 Å². The van der Waals surface area contributed by atoms with Gasteiger partial charge in [0.2, 0.25) is 6.79 Å². The molecule has 0 saturated heterocycles. The van der Waals surface area contributed by atoms with Gasteiger partial charge in [-0.2, -0.15) is 0 Å². The maximum Gasteiger partial charge on any atom is 0.231 e. The predicted molar refractivity (Wildman–Crippen MR) is 96.0 cm³/mol. The van der Waals surface area contributed by atoms with Crippen molar-refractivity contribution in [2.45, 2.75) is 26.2 Å². The first-order valence-electron chi connectivity index (χ1n) is 8.76. The van der Waals surface area contributed by atoms with E-state index >= 15 is 0 Å². The summed E-state index contributed by atoms with van der Waals surface area (Å²) >= 11 is 0. The van der Waals surface area contributed by atoms with Crippen molar-refractivity contribution in [3.05, 3.63) is 47.0 Å². The molecule has 4 rings (SSSR count). The van der Waals surface area contributed by atoms with Gasteiger partial charge in [-0.3, -0.25) is 0 Å². The van der Waals surface area contributed by atoms with Crippen LogP contribution in [0, 0.1) is 11.8 Å². The standard InChI is InChI=1S/C21H24O4/c1-12-7-15-9-19-20(25-11-24-19)10-16(15)21(13(12)2)14-5-6-17(22-3)18(8-14)23-4/h5-6,8-10,12-13,21H,7,11H2,1-4H3. The quantitative estimate of drug-likeness (QED) is 0.830. The Hall–Kier alpha value is -2.36. The molecule has 1 aliphatic heterocycles. The summed E-state index contributed by atoms with van der Waals surface area (Å²) in [7, 11) is 3.35. The van der Waals surface area contributed by atoms with Gasteiger partial charge in [0.15, 0.2) is 23.0 Å². The van der Waals surface area contributed by atoms with Crippen LogP contribution in [0.15, 0.2) is 30.3 Å². The van der Waals surface area contributed by atoms with E-state index in [0.717, 1.165) is 29.4 Å². The highest BCUT2D eigenvalue weighted by atomic mass is 16.7. The van der Waals surface area contributed by atoms with Crippen LogP contribution in [0.25, 0.3) is 0 Å². The van der Waals surface area contributed by atoms with Crippen molar-refractivity contribution in [3.63, 3.8) is 0 Å². The van der Waals surface area contributed by atoms with Crippen LogP contribution in [0.5, 0.6) is 23.0 Å². The largest absolute Gasteiger partial charge is 0.493 e. The average Bonchev–Trinajstić information content (AvgIpc) is 3.08. The van der Waals surface area contributed by atoms with Crippen LogP contribution < -0.4 is 18.9 Å². The minimum atomic E-state index is 0.299. The van der Waals surface area contributed by atoms with E-state index in [0.29, 0.717) is 24.5 Å². The molecule has 0 N–H and O–H groups in total. The first kappa shape index (κ1) is 16.1. The van der Waals surface area contributed by atoms with E-state index in [4.69, 9.17) is 18.9 Å². The molecule has 0 bridgehead atoms. The van der Waals surface area contributed by atoms with E-state index in [1.54, 1.807) is 14.2 Å². The number of fused-ring (bicyclic) bond motifs is 2. The van der Waals surface area contributed by atoms with Gasteiger partial charge >= 0.3 is 0 Å². The Labute approximate surface area is 148 Å². The normalized spacial score (nSPS) is 23.9. The lowest BCUT2D eigenvalue weighted by Gasteiger charge is -2.37. The highest BCUT2D eigenvalue weighted by Crippen LogP contribution is 2.48. The van der Waals surface area contributed by atoms with Crippen LogP contribution in [0.2, 0.25) is 0 Å². The lowest BCUT2D eigenvalue weighted by molar-refractivity contribution is 0.174. The zero-order valence-corrected chi connectivity index (χ0v) is 15.2. The Morgan fingerprint density at radius 2 is 1.64 bits per heavy atom. The second kappa shape index (κ2) is 6.17. The number of hydrogen-bond acceptors (Lipinski definition) is 4. The molecule has 132 valence electrons. The van der Waals surface area contributed by atoms with E-state index in [1.807, 2.05) is 6.07 Å². The lowest BCUT2D eigenvalue weighted by atomic mass is 9.68. The van der Waals surface area contributed by atoms with Crippen LogP contribution in [0.1, 0.15) is 36.5 Å². The fraction of sp³-hybridized carbons (Fsp3) is 0.429. The third kappa shape index (κ3) is 2.60. The third-order valence-electron chi connectivity index (χ3n) is 5.70. The molecule has 0 amide bonds. The van der Waals surface area contributed by atoms with Crippen molar-refractivity contribution in [1.29, 1.82) is 0 Å². The summed E-state index contributed by atoms with van der Waals surface area (Å²) in [5, 5.41) is 0. The summed E-state index contributed by atoms with van der Waals surface area (Å²) in [6.07, 6.45) is 1.07. The molecule has 0 spiro atoms. The number of benzene rings is 2. The Morgan fingerprint density at radius 1 is 0.920 bits per heavy atom. The highest BCUT2D eigenvalue weighted by molar-refractivity contribution is 5.54. The SMILES string of the molecule is COc1ccc(C2c3cc4c(cc3CC(C)C2C)OCO4)cc1OC. The van der Waals surface area contributed by atoms with Crippen LogP contribution in [0.3, 0.4) is 0 Å². The Balaban J connectivity index is 1.84. The summed E-state index contributed by atoms with van der Waals surface area (Å²) in [6, 6.07) is 10.6. The van der Waals surface area contributed by atoms with Crippen LogP contribution >= 0.6 is 0 Å². The minimum absolute atomic E-state index is 0.299. The van der Waals surface area contributed by atoms with E-state index in [1.165, 1.54) is 16.7 Å². The van der Waals surface area contributed by atoms with E-state index in [2.05, 4.69) is 38.1 Å². The molecule has 4 heteroatoms. The molecule has 0 fully saturated rings. The van der Waals surface area contributed by atoms with Gasteiger partial charge in [-0.1, -0.05) is 19.9 Å². The fourth-order valence-corrected chi connectivity index (χ4v) is 4.14. The van der Waals surface area contributed by atoms with Gasteiger partial charge in [0, 0.05) is 5.92 Å². The van der Waals surface area contributed by atoms with Gasteiger partial charge in [0.25, 0.3) is 0 Å². The van der Waals surface area contributed by atoms with Gasteiger partial charge < -0.3 is 18.9 Å². The van der Waals surface area contributed by atoms with Gasteiger partial charge in [-0.25, -0.2) is 0 Å². The maximum absolute atomic E-state index is 5.63. The maximum atomic E-state index is 5.63. The second-order valence-corrected chi connectivity index (χ2v) is 7.04. The lowest BCUT2D eigenvalue weighted by Crippen LogP contribution is -2.26. The number of hydrogen-bond donors (Lipinski definition) is 0. The molecule has 2 aliphatic rings. The second-order valence-electron chi connectivity index (χ2n) is 7.04. The molecule has 4 nitrogen and oxygen atoms in total. The van der Waals surface area contributed by atoms with E-state index < -0.39 is 0 Å². The average molecular weight is 340 g/mol. The fourth-order valence-electron chi connectivity index (χ4n) is 4.14. The summed E-state index contributed by atoms with van der Waals surface area (Å²) in [5.41, 5.74) is 3.94. The van der Waals surface area contributed by atoms with Crippen molar-refractivity contribution < 1.29 is 18.9 Å². The third-order valence-corrected chi connectivity index (χ3v) is 5.70. The minimum Gasteiger partial charge on any atom is -0.493 e. The molecule has 1 heterocycles. The molecule has 3 atom stereocenters. The summed E-state index contributed by atoms with van der Waals surface area (Å²) < 4.78 is 22.1. The van der Waals surface area contributed by atoms with Gasteiger partial charge in [-0.05, 0) is 59.2 Å². The monoisotopic (exact) mass is 340 g/mol. The predicted octanol–water partition coefficient (Wildman–Crippen LogP) is 4.39. The van der Waals surface area contributed by atoms with E-state index in [9.17, 15) is 0 Å². The summed E-state index contributed by atoms with van der Waals surface area (Å²) in [4.78, 5) is 0. The summed E-state index contributed by atoms with van der Waals surface area (Å²) in [5.74, 6) is 4.66. The number of ether oxygens (including phenoxy) is 4. The van der Waals surface area contributed by atoms with Crippen molar-refractivity contribution in [2.75, 3.05) is 21.0 Å². The topological polar surface area (TPSA) is 36.9 Å². The van der Waals surface area contributed by atoms with Crippen LogP contribution in [0.4, 0.5) is 0 Å². The smallest absolute Gasteiger partial charge is 0.231 e. The molecule has 2 aromatic carbocycles. The van der Waals surface area contributed by atoms with E-state index in [-0.39, 0.29) is 0 Å². The summed E-state index contributed by atoms with van der Waals surface area (Å²) in [6.45, 7) is 4.97. The molecular weight excluding hydrogens is 316 g/mol. The first-order chi connectivity index (χ1) is 12.1. The molecular formula is C21H24O4. The van der Waals surface area contributed by atoms with Gasteiger partial charge in [-0.15, -0.1) is 0 Å². The molecule has 0 radical (unpaired) electrons. The Kier molecular flexibility index (Phi) is 3.98. The Bertz CT molecular complexity index is 799. The van der Waals surface area contributed by atoms with Crippen molar-refractivity contribution >= 4 is 0 Å². The Morgan fingerprint density at radius 3 is 2.36 bits per heavy atom. The zero-order valence-electron chi connectivity index (χ0n) is 15.2. The molecule has 3 unspecified atom stereocenters. The number of methoxy groups -OCH3 is 2. The van der Waals surface area contributed by atoms with Crippen molar-refractivity contribution in [3.8, 4) is 23.0 Å². The molecule has 0 saturated carbocycles.